The van der Waals surface area contributed by atoms with Crippen molar-refractivity contribution in [2.24, 2.45) is 11.8 Å². The Kier molecular flexibility index (Phi) is 5.59. The number of likely N-dealkylation sites (tertiary alicyclic amines) is 1. The fourth-order valence-electron chi connectivity index (χ4n) is 3.86. The molecule has 140 valence electrons. The van der Waals surface area contributed by atoms with Crippen molar-refractivity contribution in [3.05, 3.63) is 29.8 Å². The van der Waals surface area contributed by atoms with Crippen LogP contribution in [0.2, 0.25) is 0 Å². The van der Waals surface area contributed by atoms with Gasteiger partial charge in [-0.15, -0.1) is 0 Å². The SMILES string of the molecule is CCOC(=O)[C@H]1CCCN(C(=O)[C@H]2CC(=O)N(c3ccccc3C)C2)C1. The van der Waals surface area contributed by atoms with Crippen molar-refractivity contribution >= 4 is 23.5 Å². The number of benzene rings is 1. The molecule has 2 atom stereocenters. The molecule has 26 heavy (non-hydrogen) atoms. The van der Waals surface area contributed by atoms with Crippen LogP contribution < -0.4 is 4.90 Å². The van der Waals surface area contributed by atoms with Gasteiger partial charge < -0.3 is 14.5 Å². The van der Waals surface area contributed by atoms with Gasteiger partial charge in [0.05, 0.1) is 18.4 Å². The molecule has 2 heterocycles. The van der Waals surface area contributed by atoms with Gasteiger partial charge in [0.25, 0.3) is 0 Å². The number of amides is 2. The van der Waals surface area contributed by atoms with Gasteiger partial charge in [0.1, 0.15) is 0 Å². The fraction of sp³-hybridized carbons (Fsp3) is 0.550. The monoisotopic (exact) mass is 358 g/mol. The molecule has 2 aliphatic rings. The highest BCUT2D eigenvalue weighted by Crippen LogP contribution is 2.30. The van der Waals surface area contributed by atoms with E-state index in [1.807, 2.05) is 31.2 Å². The Morgan fingerprint density at radius 1 is 1.19 bits per heavy atom. The van der Waals surface area contributed by atoms with Crippen LogP contribution in [0.3, 0.4) is 0 Å². The molecule has 1 aromatic rings. The smallest absolute Gasteiger partial charge is 0.310 e. The third kappa shape index (κ3) is 3.74. The quantitative estimate of drug-likeness (QED) is 0.774. The van der Waals surface area contributed by atoms with Crippen molar-refractivity contribution in [3.8, 4) is 0 Å². The lowest BCUT2D eigenvalue weighted by Crippen LogP contribution is -2.45. The minimum absolute atomic E-state index is 0.0170. The van der Waals surface area contributed by atoms with E-state index in [4.69, 9.17) is 4.74 Å². The van der Waals surface area contributed by atoms with Crippen LogP contribution in [-0.4, -0.2) is 48.9 Å². The lowest BCUT2D eigenvalue weighted by atomic mass is 9.96. The third-order valence-electron chi connectivity index (χ3n) is 5.23. The average Bonchev–Trinajstić information content (AvgIpc) is 3.03. The second-order valence-electron chi connectivity index (χ2n) is 7.07. The molecule has 0 radical (unpaired) electrons. The summed E-state index contributed by atoms with van der Waals surface area (Å²) in [5.74, 6) is -0.866. The summed E-state index contributed by atoms with van der Waals surface area (Å²) in [6, 6.07) is 7.72. The molecule has 0 bridgehead atoms. The number of ether oxygens (including phenoxy) is 1. The summed E-state index contributed by atoms with van der Waals surface area (Å²) in [4.78, 5) is 40.8. The predicted octanol–water partition coefficient (Wildman–Crippen LogP) is 2.15. The topological polar surface area (TPSA) is 66.9 Å². The van der Waals surface area contributed by atoms with Crippen LogP contribution in [0, 0.1) is 18.8 Å². The molecule has 3 rings (SSSR count). The van der Waals surface area contributed by atoms with Crippen LogP contribution in [0.5, 0.6) is 0 Å². The Hall–Kier alpha value is -2.37. The summed E-state index contributed by atoms with van der Waals surface area (Å²) in [6.45, 7) is 5.55. The van der Waals surface area contributed by atoms with Gasteiger partial charge in [-0.25, -0.2) is 0 Å². The summed E-state index contributed by atoms with van der Waals surface area (Å²) in [5, 5.41) is 0. The summed E-state index contributed by atoms with van der Waals surface area (Å²) < 4.78 is 5.10. The highest BCUT2D eigenvalue weighted by Gasteiger charge is 2.39. The van der Waals surface area contributed by atoms with Gasteiger partial charge in [0.2, 0.25) is 11.8 Å². The lowest BCUT2D eigenvalue weighted by molar-refractivity contribution is -0.152. The summed E-state index contributed by atoms with van der Waals surface area (Å²) in [7, 11) is 0. The van der Waals surface area contributed by atoms with Gasteiger partial charge >= 0.3 is 5.97 Å². The molecule has 0 spiro atoms. The Labute approximate surface area is 154 Å². The molecule has 2 aliphatic heterocycles. The van der Waals surface area contributed by atoms with E-state index in [1.165, 1.54) is 0 Å². The molecule has 2 saturated heterocycles. The summed E-state index contributed by atoms with van der Waals surface area (Å²) in [5.41, 5.74) is 1.89. The van der Waals surface area contributed by atoms with E-state index < -0.39 is 0 Å². The van der Waals surface area contributed by atoms with Gasteiger partial charge in [-0.05, 0) is 38.3 Å². The maximum absolute atomic E-state index is 12.9. The number of nitrogens with zero attached hydrogens (tertiary/aromatic N) is 2. The summed E-state index contributed by atoms with van der Waals surface area (Å²) >= 11 is 0. The van der Waals surface area contributed by atoms with E-state index in [1.54, 1.807) is 16.7 Å². The fourth-order valence-corrected chi connectivity index (χ4v) is 3.86. The van der Waals surface area contributed by atoms with E-state index >= 15 is 0 Å². The second-order valence-corrected chi connectivity index (χ2v) is 7.07. The summed E-state index contributed by atoms with van der Waals surface area (Å²) in [6.07, 6.45) is 1.77. The van der Waals surface area contributed by atoms with Crippen LogP contribution in [0.25, 0.3) is 0 Å². The molecule has 2 fully saturated rings. The zero-order chi connectivity index (χ0) is 18.7. The maximum Gasteiger partial charge on any atom is 0.310 e. The van der Waals surface area contributed by atoms with Gasteiger partial charge in [-0.3, -0.25) is 14.4 Å². The standard InChI is InChI=1S/C20H26N2O4/c1-3-26-20(25)15-8-6-10-21(12-15)19(24)16-11-18(23)22(13-16)17-9-5-4-7-14(17)2/h4-5,7,9,15-16H,3,6,8,10-13H2,1-2H3/t15-,16-/m0/s1. The van der Waals surface area contributed by atoms with Crippen molar-refractivity contribution in [1.29, 1.82) is 0 Å². The molecular weight excluding hydrogens is 332 g/mol. The largest absolute Gasteiger partial charge is 0.466 e. The van der Waals surface area contributed by atoms with Crippen LogP contribution in [0.15, 0.2) is 24.3 Å². The van der Waals surface area contributed by atoms with Crippen molar-refractivity contribution < 1.29 is 19.1 Å². The molecule has 0 N–H and O–H groups in total. The number of anilines is 1. The Balaban J connectivity index is 1.66. The van der Waals surface area contributed by atoms with E-state index in [2.05, 4.69) is 0 Å². The Bertz CT molecular complexity index is 703. The Morgan fingerprint density at radius 2 is 1.96 bits per heavy atom. The van der Waals surface area contributed by atoms with E-state index in [-0.39, 0.29) is 36.0 Å². The zero-order valence-corrected chi connectivity index (χ0v) is 15.4. The van der Waals surface area contributed by atoms with Gasteiger partial charge in [0, 0.05) is 31.7 Å². The molecule has 0 aromatic heterocycles. The van der Waals surface area contributed by atoms with Crippen molar-refractivity contribution in [1.82, 2.24) is 4.90 Å². The van der Waals surface area contributed by atoms with Gasteiger partial charge in [-0.2, -0.15) is 0 Å². The number of hydrogen-bond acceptors (Lipinski definition) is 4. The van der Waals surface area contributed by atoms with E-state index in [0.717, 1.165) is 24.1 Å². The Morgan fingerprint density at radius 3 is 2.69 bits per heavy atom. The number of para-hydroxylation sites is 1. The maximum atomic E-state index is 12.9. The van der Waals surface area contributed by atoms with E-state index in [0.29, 0.717) is 26.2 Å². The minimum atomic E-state index is -0.344. The number of piperidine rings is 1. The number of aryl methyl sites for hydroxylation is 1. The third-order valence-corrected chi connectivity index (χ3v) is 5.23. The van der Waals surface area contributed by atoms with Crippen LogP contribution >= 0.6 is 0 Å². The second kappa shape index (κ2) is 7.89. The molecule has 6 nitrogen and oxygen atoms in total. The van der Waals surface area contributed by atoms with Crippen LogP contribution in [-0.2, 0) is 19.1 Å². The number of hydrogen-bond donors (Lipinski definition) is 0. The molecule has 6 heteroatoms. The van der Waals surface area contributed by atoms with Gasteiger partial charge in [0.15, 0.2) is 0 Å². The molecule has 1 aromatic carbocycles. The van der Waals surface area contributed by atoms with Crippen LogP contribution in [0.4, 0.5) is 5.69 Å². The zero-order valence-electron chi connectivity index (χ0n) is 15.4. The molecule has 0 saturated carbocycles. The van der Waals surface area contributed by atoms with Crippen molar-refractivity contribution in [2.75, 3.05) is 31.1 Å². The normalized spacial score (nSPS) is 23.2. The highest BCUT2D eigenvalue weighted by molar-refractivity contribution is 6.00. The highest BCUT2D eigenvalue weighted by atomic mass is 16.5. The first-order valence-electron chi connectivity index (χ1n) is 9.32. The number of rotatable bonds is 4. The minimum Gasteiger partial charge on any atom is -0.466 e. The molecule has 2 amide bonds. The molecule has 0 aliphatic carbocycles. The molecule has 0 unspecified atom stereocenters. The van der Waals surface area contributed by atoms with Gasteiger partial charge in [-0.1, -0.05) is 18.2 Å². The average molecular weight is 358 g/mol. The first-order valence-corrected chi connectivity index (χ1v) is 9.32. The lowest BCUT2D eigenvalue weighted by Gasteiger charge is -2.33. The number of carbonyl (C=O) groups excluding carboxylic acids is 3. The first-order chi connectivity index (χ1) is 12.5. The van der Waals surface area contributed by atoms with Crippen molar-refractivity contribution in [2.45, 2.75) is 33.1 Å². The first kappa shape index (κ1) is 18.4. The number of esters is 1. The van der Waals surface area contributed by atoms with Crippen molar-refractivity contribution in [3.63, 3.8) is 0 Å². The number of carbonyl (C=O) groups is 3. The predicted molar refractivity (Wildman–Crippen MR) is 97.6 cm³/mol. The van der Waals surface area contributed by atoms with Crippen LogP contribution in [0.1, 0.15) is 31.7 Å². The molecular formula is C20H26N2O4. The van der Waals surface area contributed by atoms with E-state index in [9.17, 15) is 14.4 Å².